The van der Waals surface area contributed by atoms with Crippen LogP contribution in [0.15, 0.2) is 35.7 Å². The number of fused-ring (bicyclic) bond motifs is 1. The van der Waals surface area contributed by atoms with Gasteiger partial charge < -0.3 is 9.80 Å². The van der Waals surface area contributed by atoms with Gasteiger partial charge in [-0.2, -0.15) is 5.26 Å². The van der Waals surface area contributed by atoms with Crippen LogP contribution >= 0.6 is 0 Å². The Kier molecular flexibility index (Phi) is 4.70. The van der Waals surface area contributed by atoms with Gasteiger partial charge in [-0.25, -0.2) is 0 Å². The minimum absolute atomic E-state index is 0.0172. The number of nitrogens with zero attached hydrogens (tertiary/aromatic N) is 3. The summed E-state index contributed by atoms with van der Waals surface area (Å²) in [7, 11) is 4.22. The molecule has 0 saturated carbocycles. The van der Waals surface area contributed by atoms with E-state index in [9.17, 15) is 5.26 Å². The number of piperidine rings is 1. The molecule has 0 bridgehead atoms. The lowest BCUT2D eigenvalue weighted by atomic mass is 9.60. The van der Waals surface area contributed by atoms with E-state index in [0.29, 0.717) is 11.8 Å². The molecule has 0 amide bonds. The summed E-state index contributed by atoms with van der Waals surface area (Å²) < 4.78 is 0. The number of hydrogen-bond acceptors (Lipinski definition) is 3. The Morgan fingerprint density at radius 3 is 2.77 bits per heavy atom. The maximum Gasteiger partial charge on any atom is 0.0992 e. The molecule has 3 heteroatoms. The molecule has 0 spiro atoms. The van der Waals surface area contributed by atoms with Crippen molar-refractivity contribution < 1.29 is 0 Å². The van der Waals surface area contributed by atoms with Crippen LogP contribution in [-0.2, 0) is 0 Å². The van der Waals surface area contributed by atoms with Gasteiger partial charge in [0.2, 0.25) is 0 Å². The van der Waals surface area contributed by atoms with E-state index in [1.165, 1.54) is 5.82 Å². The van der Waals surface area contributed by atoms with Crippen LogP contribution in [0.5, 0.6) is 0 Å². The average molecular weight is 299 g/mol. The minimum Gasteiger partial charge on any atom is -0.365 e. The van der Waals surface area contributed by atoms with Crippen LogP contribution in [0.3, 0.4) is 0 Å². The van der Waals surface area contributed by atoms with E-state index in [0.717, 1.165) is 37.1 Å². The van der Waals surface area contributed by atoms with Gasteiger partial charge >= 0.3 is 0 Å². The normalized spacial score (nSPS) is 27.8. The largest absolute Gasteiger partial charge is 0.365 e. The van der Waals surface area contributed by atoms with E-state index in [1.807, 2.05) is 0 Å². The Morgan fingerprint density at radius 1 is 1.55 bits per heavy atom. The molecule has 1 fully saturated rings. The SMILES string of the molecule is C=C1C(C#N)=CC2CN(/C(=C/CC)N(C)C)CCC2C1(C)C. The van der Waals surface area contributed by atoms with Crippen LogP contribution in [-0.4, -0.2) is 37.0 Å². The lowest BCUT2D eigenvalue weighted by Crippen LogP contribution is -2.48. The van der Waals surface area contributed by atoms with Crippen molar-refractivity contribution in [3.8, 4) is 6.07 Å². The predicted octanol–water partition coefficient (Wildman–Crippen LogP) is 3.78. The van der Waals surface area contributed by atoms with Crippen molar-refractivity contribution in [1.82, 2.24) is 9.80 Å². The molecule has 2 unspecified atom stereocenters. The molecule has 120 valence electrons. The minimum atomic E-state index is 0.0172. The molecule has 0 aromatic rings. The fraction of sp³-hybridized carbons (Fsp3) is 0.632. The van der Waals surface area contributed by atoms with E-state index < -0.39 is 0 Å². The summed E-state index contributed by atoms with van der Waals surface area (Å²) in [6, 6.07) is 2.35. The Hall–Kier alpha value is -1.69. The highest BCUT2D eigenvalue weighted by molar-refractivity contribution is 5.47. The molecule has 1 saturated heterocycles. The van der Waals surface area contributed by atoms with Crippen molar-refractivity contribution in [3.05, 3.63) is 35.7 Å². The zero-order valence-electron chi connectivity index (χ0n) is 14.7. The highest BCUT2D eigenvalue weighted by Gasteiger charge is 2.44. The summed E-state index contributed by atoms with van der Waals surface area (Å²) >= 11 is 0. The van der Waals surface area contributed by atoms with Crippen molar-refractivity contribution in [1.29, 1.82) is 5.26 Å². The van der Waals surface area contributed by atoms with Gasteiger partial charge in [0.15, 0.2) is 0 Å². The van der Waals surface area contributed by atoms with Crippen LogP contribution in [0.4, 0.5) is 0 Å². The van der Waals surface area contributed by atoms with Crippen molar-refractivity contribution >= 4 is 0 Å². The maximum absolute atomic E-state index is 9.42. The summed E-state index contributed by atoms with van der Waals surface area (Å²) in [6.45, 7) is 13.0. The van der Waals surface area contributed by atoms with Crippen LogP contribution in [0.25, 0.3) is 0 Å². The van der Waals surface area contributed by atoms with Crippen LogP contribution in [0.1, 0.15) is 33.6 Å². The average Bonchev–Trinajstić information content (AvgIpc) is 2.47. The lowest BCUT2D eigenvalue weighted by molar-refractivity contribution is 0.0813. The molecule has 2 atom stereocenters. The zero-order chi connectivity index (χ0) is 16.5. The summed E-state index contributed by atoms with van der Waals surface area (Å²) in [5.74, 6) is 2.32. The fourth-order valence-corrected chi connectivity index (χ4v) is 4.02. The third-order valence-corrected chi connectivity index (χ3v) is 5.36. The molecule has 2 rings (SSSR count). The van der Waals surface area contributed by atoms with E-state index >= 15 is 0 Å². The van der Waals surface area contributed by atoms with Gasteiger partial charge in [0, 0.05) is 27.2 Å². The molecular formula is C19H29N3. The number of allylic oxidation sites excluding steroid dienone is 3. The first kappa shape index (κ1) is 16.7. The molecule has 0 radical (unpaired) electrons. The van der Waals surface area contributed by atoms with Gasteiger partial charge in [0.05, 0.1) is 17.5 Å². The summed E-state index contributed by atoms with van der Waals surface area (Å²) in [5.41, 5.74) is 1.82. The third-order valence-electron chi connectivity index (χ3n) is 5.36. The summed E-state index contributed by atoms with van der Waals surface area (Å²) in [4.78, 5) is 4.67. The Bertz CT molecular complexity index is 546. The number of nitriles is 1. The first-order valence-electron chi connectivity index (χ1n) is 8.27. The third kappa shape index (κ3) is 2.79. The van der Waals surface area contributed by atoms with Gasteiger partial charge in [0.25, 0.3) is 0 Å². The quantitative estimate of drug-likeness (QED) is 0.794. The first-order chi connectivity index (χ1) is 10.3. The van der Waals surface area contributed by atoms with Crippen LogP contribution in [0, 0.1) is 28.6 Å². The molecule has 2 aliphatic rings. The van der Waals surface area contributed by atoms with Crippen molar-refractivity contribution in [2.75, 3.05) is 27.2 Å². The molecule has 1 heterocycles. The second-order valence-corrected chi connectivity index (χ2v) is 7.26. The van der Waals surface area contributed by atoms with E-state index in [-0.39, 0.29) is 5.41 Å². The highest BCUT2D eigenvalue weighted by Crippen LogP contribution is 2.49. The molecule has 1 aliphatic heterocycles. The molecular weight excluding hydrogens is 270 g/mol. The van der Waals surface area contributed by atoms with Gasteiger partial charge in [-0.05, 0) is 41.7 Å². The van der Waals surface area contributed by atoms with Crippen molar-refractivity contribution in [3.63, 3.8) is 0 Å². The van der Waals surface area contributed by atoms with Gasteiger partial charge in [-0.1, -0.05) is 33.4 Å². The second kappa shape index (κ2) is 6.20. The zero-order valence-corrected chi connectivity index (χ0v) is 14.7. The van der Waals surface area contributed by atoms with Crippen LogP contribution in [0.2, 0.25) is 0 Å². The highest BCUT2D eigenvalue weighted by atomic mass is 15.3. The molecule has 0 aromatic carbocycles. The maximum atomic E-state index is 9.42. The standard InChI is InChI=1S/C19H29N3/c1-7-8-18(21(5)6)22-10-9-17-16(13-22)11-15(12-20)14(2)19(17,3)4/h8,11,16-17H,2,7,9-10,13H2,1,3-6H3/b18-8+. The van der Waals surface area contributed by atoms with Gasteiger partial charge in [-0.15, -0.1) is 0 Å². The van der Waals surface area contributed by atoms with Crippen molar-refractivity contribution in [2.24, 2.45) is 17.3 Å². The van der Waals surface area contributed by atoms with Crippen molar-refractivity contribution in [2.45, 2.75) is 33.6 Å². The Labute approximate surface area is 135 Å². The van der Waals surface area contributed by atoms with E-state index in [4.69, 9.17) is 0 Å². The van der Waals surface area contributed by atoms with Crippen LogP contribution < -0.4 is 0 Å². The number of rotatable bonds is 3. The first-order valence-corrected chi connectivity index (χ1v) is 8.27. The number of likely N-dealkylation sites (tertiary alicyclic amines) is 1. The molecule has 3 nitrogen and oxygen atoms in total. The van der Waals surface area contributed by atoms with E-state index in [1.54, 1.807) is 0 Å². The lowest BCUT2D eigenvalue weighted by Gasteiger charge is -2.50. The second-order valence-electron chi connectivity index (χ2n) is 7.26. The fourth-order valence-electron chi connectivity index (χ4n) is 4.02. The Balaban J connectivity index is 2.30. The van der Waals surface area contributed by atoms with Gasteiger partial charge in [0.1, 0.15) is 0 Å². The predicted molar refractivity (Wildman–Crippen MR) is 91.8 cm³/mol. The summed E-state index contributed by atoms with van der Waals surface area (Å²) in [5, 5.41) is 9.42. The smallest absolute Gasteiger partial charge is 0.0992 e. The number of hydrogen-bond donors (Lipinski definition) is 0. The Morgan fingerprint density at radius 2 is 2.23 bits per heavy atom. The molecule has 22 heavy (non-hydrogen) atoms. The van der Waals surface area contributed by atoms with E-state index in [2.05, 4.69) is 69.5 Å². The molecule has 1 aliphatic carbocycles. The topological polar surface area (TPSA) is 30.3 Å². The van der Waals surface area contributed by atoms with Gasteiger partial charge in [-0.3, -0.25) is 0 Å². The molecule has 0 aromatic heterocycles. The monoisotopic (exact) mass is 299 g/mol. The molecule has 0 N–H and O–H groups in total. The summed E-state index contributed by atoms with van der Waals surface area (Å²) in [6.07, 6.45) is 6.66.